The lowest BCUT2D eigenvalue weighted by molar-refractivity contribution is -0.122. The number of anilines is 1. The quantitative estimate of drug-likeness (QED) is 0.323. The van der Waals surface area contributed by atoms with Crippen molar-refractivity contribution in [2.24, 2.45) is 0 Å². The van der Waals surface area contributed by atoms with Gasteiger partial charge >= 0.3 is 6.03 Å². The lowest BCUT2D eigenvalue weighted by Gasteiger charge is -2.26. The van der Waals surface area contributed by atoms with Crippen LogP contribution in [0.4, 0.5) is 10.5 Å². The Morgan fingerprint density at radius 1 is 0.879 bits per heavy atom. The van der Waals surface area contributed by atoms with Crippen LogP contribution in [0.5, 0.6) is 0 Å². The first-order chi connectivity index (χ1) is 16.0. The number of aryl methyl sites for hydroxylation is 1. The minimum atomic E-state index is -0.780. The molecule has 7 heteroatoms. The first kappa shape index (κ1) is 20.8. The number of hydrogen-bond acceptors (Lipinski definition) is 5. The molecule has 0 bridgehead atoms. The number of nitrogens with one attached hydrogen (secondary N) is 1. The first-order valence-electron chi connectivity index (χ1n) is 10.2. The van der Waals surface area contributed by atoms with Crippen LogP contribution in [0.1, 0.15) is 11.3 Å². The summed E-state index contributed by atoms with van der Waals surface area (Å²) in [4.78, 5) is 39.7. The summed E-state index contributed by atoms with van der Waals surface area (Å²) in [6.45, 7) is 1.90. The Kier molecular flexibility index (Phi) is 5.32. The van der Waals surface area contributed by atoms with Crippen LogP contribution >= 0.6 is 11.8 Å². The molecule has 0 saturated carbocycles. The van der Waals surface area contributed by atoms with Crippen molar-refractivity contribution >= 4 is 52.1 Å². The van der Waals surface area contributed by atoms with Crippen molar-refractivity contribution in [2.75, 3.05) is 4.90 Å². The molecular formula is C26H18N2O4S. The SMILES string of the molecule is Cc1ccc(N2C(=O)NC(=O)C(=Cc3ccc(Sc4cccc5ccccc45)o3)C2=O)cc1. The number of urea groups is 1. The molecule has 0 aliphatic carbocycles. The van der Waals surface area contributed by atoms with Gasteiger partial charge in [-0.15, -0.1) is 0 Å². The normalized spacial score (nSPS) is 15.4. The van der Waals surface area contributed by atoms with Gasteiger partial charge in [0.15, 0.2) is 5.09 Å². The second-order valence-corrected chi connectivity index (χ2v) is 8.58. The number of fused-ring (bicyclic) bond motifs is 1. The van der Waals surface area contributed by atoms with E-state index in [1.807, 2.05) is 49.4 Å². The molecule has 1 N–H and O–H groups in total. The smallest absolute Gasteiger partial charge is 0.335 e. The zero-order chi connectivity index (χ0) is 22.9. The monoisotopic (exact) mass is 454 g/mol. The second kappa shape index (κ2) is 8.44. The summed E-state index contributed by atoms with van der Waals surface area (Å²) in [5.74, 6) is -1.12. The van der Waals surface area contributed by atoms with Crippen LogP contribution < -0.4 is 10.2 Å². The molecule has 0 radical (unpaired) electrons. The second-order valence-electron chi connectivity index (χ2n) is 7.53. The molecule has 33 heavy (non-hydrogen) atoms. The molecule has 1 saturated heterocycles. The average molecular weight is 455 g/mol. The largest absolute Gasteiger partial charge is 0.450 e. The Morgan fingerprint density at radius 2 is 1.64 bits per heavy atom. The van der Waals surface area contributed by atoms with E-state index in [0.29, 0.717) is 16.5 Å². The predicted molar refractivity (Wildman–Crippen MR) is 127 cm³/mol. The van der Waals surface area contributed by atoms with Crippen molar-refractivity contribution in [3.05, 3.63) is 95.8 Å². The number of amides is 4. The van der Waals surface area contributed by atoms with E-state index in [0.717, 1.165) is 26.1 Å². The number of carbonyl (C=O) groups excluding carboxylic acids is 3. The topological polar surface area (TPSA) is 79.6 Å². The van der Waals surface area contributed by atoms with Gasteiger partial charge in [0.1, 0.15) is 11.3 Å². The van der Waals surface area contributed by atoms with Crippen molar-refractivity contribution in [1.29, 1.82) is 0 Å². The Morgan fingerprint density at radius 3 is 2.45 bits per heavy atom. The molecule has 4 amide bonds. The van der Waals surface area contributed by atoms with Crippen molar-refractivity contribution in [2.45, 2.75) is 16.9 Å². The van der Waals surface area contributed by atoms with Crippen LogP contribution in [0.25, 0.3) is 16.8 Å². The Labute approximate surface area is 193 Å². The first-order valence-corrected chi connectivity index (χ1v) is 11.0. The lowest BCUT2D eigenvalue weighted by atomic mass is 10.1. The van der Waals surface area contributed by atoms with Gasteiger partial charge in [0, 0.05) is 4.90 Å². The molecule has 0 unspecified atom stereocenters. The number of furan rings is 1. The summed E-state index contributed by atoms with van der Waals surface area (Å²) >= 11 is 1.45. The van der Waals surface area contributed by atoms with Crippen LogP contribution in [0.3, 0.4) is 0 Å². The molecule has 0 atom stereocenters. The number of barbiturate groups is 1. The molecule has 1 aromatic heterocycles. The van der Waals surface area contributed by atoms with Crippen LogP contribution in [0.15, 0.2) is 98.8 Å². The fourth-order valence-electron chi connectivity index (χ4n) is 3.59. The highest BCUT2D eigenvalue weighted by atomic mass is 32.2. The van der Waals surface area contributed by atoms with Gasteiger partial charge in [0.05, 0.1) is 5.69 Å². The van der Waals surface area contributed by atoms with Crippen molar-refractivity contribution in [3.63, 3.8) is 0 Å². The van der Waals surface area contributed by atoms with E-state index >= 15 is 0 Å². The van der Waals surface area contributed by atoms with Crippen LogP contribution in [-0.2, 0) is 9.59 Å². The summed E-state index contributed by atoms with van der Waals surface area (Å²) in [5.41, 5.74) is 1.20. The van der Waals surface area contributed by atoms with Gasteiger partial charge < -0.3 is 4.42 Å². The van der Waals surface area contributed by atoms with E-state index < -0.39 is 17.8 Å². The number of rotatable bonds is 4. The standard InChI is InChI=1S/C26H18N2O4S/c1-16-9-11-18(12-10-16)28-25(30)21(24(29)27-26(28)31)15-19-13-14-23(32-19)33-22-8-4-6-17-5-2-3-7-20(17)22/h2-15H,1H3,(H,27,29,31). The van der Waals surface area contributed by atoms with E-state index in [9.17, 15) is 14.4 Å². The summed E-state index contributed by atoms with van der Waals surface area (Å²) in [7, 11) is 0. The van der Waals surface area contributed by atoms with Gasteiger partial charge in [-0.3, -0.25) is 14.9 Å². The summed E-state index contributed by atoms with van der Waals surface area (Å²) in [6.07, 6.45) is 1.36. The third-order valence-corrected chi connectivity index (χ3v) is 6.24. The third-order valence-electron chi connectivity index (χ3n) is 5.24. The van der Waals surface area contributed by atoms with Crippen LogP contribution in [0.2, 0.25) is 0 Å². The maximum absolute atomic E-state index is 13.0. The molecule has 1 fully saturated rings. The highest BCUT2D eigenvalue weighted by molar-refractivity contribution is 7.99. The molecule has 0 spiro atoms. The Bertz CT molecular complexity index is 1430. The average Bonchev–Trinajstić information content (AvgIpc) is 3.25. The minimum Gasteiger partial charge on any atom is -0.450 e. The summed E-state index contributed by atoms with van der Waals surface area (Å²) in [6, 6.07) is 23.7. The molecule has 162 valence electrons. The number of nitrogens with zero attached hydrogens (tertiary/aromatic N) is 1. The van der Waals surface area contributed by atoms with E-state index in [4.69, 9.17) is 4.42 Å². The highest BCUT2D eigenvalue weighted by Crippen LogP contribution is 2.35. The minimum absolute atomic E-state index is 0.175. The molecule has 5 rings (SSSR count). The molecule has 2 heterocycles. The number of imide groups is 2. The van der Waals surface area contributed by atoms with Crippen molar-refractivity contribution < 1.29 is 18.8 Å². The van der Waals surface area contributed by atoms with Gasteiger partial charge in [-0.2, -0.15) is 0 Å². The van der Waals surface area contributed by atoms with Gasteiger partial charge in [0.25, 0.3) is 11.8 Å². The van der Waals surface area contributed by atoms with E-state index in [-0.39, 0.29) is 5.57 Å². The zero-order valence-electron chi connectivity index (χ0n) is 17.6. The lowest BCUT2D eigenvalue weighted by Crippen LogP contribution is -2.54. The van der Waals surface area contributed by atoms with Crippen molar-refractivity contribution in [1.82, 2.24) is 5.32 Å². The van der Waals surface area contributed by atoms with E-state index in [2.05, 4.69) is 5.32 Å². The Balaban J connectivity index is 1.43. The zero-order valence-corrected chi connectivity index (χ0v) is 18.4. The fourth-order valence-corrected chi connectivity index (χ4v) is 4.52. The molecule has 6 nitrogen and oxygen atoms in total. The van der Waals surface area contributed by atoms with Gasteiger partial charge in [-0.25, -0.2) is 9.69 Å². The number of hydrogen-bond donors (Lipinski definition) is 1. The van der Waals surface area contributed by atoms with Gasteiger partial charge in [-0.1, -0.05) is 65.9 Å². The maximum atomic E-state index is 13.0. The maximum Gasteiger partial charge on any atom is 0.335 e. The molecule has 1 aliphatic heterocycles. The highest BCUT2D eigenvalue weighted by Gasteiger charge is 2.37. The molecular weight excluding hydrogens is 436 g/mol. The van der Waals surface area contributed by atoms with E-state index in [1.54, 1.807) is 36.4 Å². The van der Waals surface area contributed by atoms with Crippen molar-refractivity contribution in [3.8, 4) is 0 Å². The molecule has 3 aromatic carbocycles. The Hall–Kier alpha value is -4.10. The number of carbonyl (C=O) groups is 3. The van der Waals surface area contributed by atoms with Gasteiger partial charge in [-0.05, 0) is 54.1 Å². The molecule has 1 aliphatic rings. The van der Waals surface area contributed by atoms with Gasteiger partial charge in [0.2, 0.25) is 0 Å². The van der Waals surface area contributed by atoms with E-state index in [1.165, 1.54) is 17.8 Å². The van der Waals surface area contributed by atoms with Crippen LogP contribution in [0, 0.1) is 6.92 Å². The fraction of sp³-hybridized carbons (Fsp3) is 0.0385. The molecule has 4 aromatic rings. The van der Waals surface area contributed by atoms with Crippen LogP contribution in [-0.4, -0.2) is 17.8 Å². The predicted octanol–water partition coefficient (Wildman–Crippen LogP) is 5.56. The third kappa shape index (κ3) is 4.06. The number of benzene rings is 3. The summed E-state index contributed by atoms with van der Waals surface area (Å²) in [5, 5.41) is 5.07. The summed E-state index contributed by atoms with van der Waals surface area (Å²) < 4.78 is 5.87.